The van der Waals surface area contributed by atoms with Crippen LogP contribution in [0.25, 0.3) is 22.4 Å². The van der Waals surface area contributed by atoms with Gasteiger partial charge in [0.1, 0.15) is 5.65 Å². The summed E-state index contributed by atoms with van der Waals surface area (Å²) >= 11 is 0. The van der Waals surface area contributed by atoms with Crippen LogP contribution < -0.4 is 5.32 Å². The number of hydrogen-bond donors (Lipinski definition) is 1. The maximum Gasteiger partial charge on any atom is 0.222 e. The molecule has 0 aromatic carbocycles. The smallest absolute Gasteiger partial charge is 0.222 e. The van der Waals surface area contributed by atoms with Gasteiger partial charge in [-0.25, -0.2) is 4.98 Å². The van der Waals surface area contributed by atoms with Crippen molar-refractivity contribution in [2.24, 2.45) is 0 Å². The summed E-state index contributed by atoms with van der Waals surface area (Å²) in [6.45, 7) is 0.602. The maximum atomic E-state index is 12.3. The summed E-state index contributed by atoms with van der Waals surface area (Å²) in [5.41, 5.74) is 2.80. The molecule has 0 atom stereocenters. The molecule has 5 nitrogen and oxygen atoms in total. The molecule has 1 saturated carbocycles. The molecule has 3 heterocycles. The van der Waals surface area contributed by atoms with Crippen molar-refractivity contribution in [3.63, 3.8) is 0 Å². The van der Waals surface area contributed by atoms with E-state index in [0.29, 0.717) is 19.0 Å². The third-order valence-corrected chi connectivity index (χ3v) is 4.87. The Morgan fingerprint density at radius 1 is 1.12 bits per heavy atom. The lowest BCUT2D eigenvalue weighted by Gasteiger charge is -2.13. The van der Waals surface area contributed by atoms with E-state index in [2.05, 4.69) is 25.9 Å². The first-order chi connectivity index (χ1) is 12.3. The number of nitrogens with one attached hydrogen (secondary N) is 1. The van der Waals surface area contributed by atoms with Gasteiger partial charge in [-0.3, -0.25) is 9.78 Å². The number of carbonyl (C=O) groups excluding carboxylic acids is 1. The lowest BCUT2D eigenvalue weighted by molar-refractivity contribution is -0.121. The molecule has 1 N–H and O–H groups in total. The number of hydrogen-bond acceptors (Lipinski definition) is 3. The van der Waals surface area contributed by atoms with Gasteiger partial charge in [-0.2, -0.15) is 0 Å². The van der Waals surface area contributed by atoms with Gasteiger partial charge in [0, 0.05) is 36.8 Å². The number of aryl methyl sites for hydroxylation is 1. The van der Waals surface area contributed by atoms with Gasteiger partial charge < -0.3 is 9.88 Å². The lowest BCUT2D eigenvalue weighted by Crippen LogP contribution is -2.33. The van der Waals surface area contributed by atoms with Crippen molar-refractivity contribution in [1.82, 2.24) is 19.9 Å². The highest BCUT2D eigenvalue weighted by Gasteiger charge is 2.18. The number of rotatable bonds is 5. The number of carbonyl (C=O) groups is 1. The molecule has 5 heteroatoms. The molecular formula is C20H22N4O. The van der Waals surface area contributed by atoms with Gasteiger partial charge >= 0.3 is 0 Å². The van der Waals surface area contributed by atoms with Crippen molar-refractivity contribution >= 4 is 16.9 Å². The zero-order valence-corrected chi connectivity index (χ0v) is 14.2. The zero-order valence-electron chi connectivity index (χ0n) is 14.2. The van der Waals surface area contributed by atoms with E-state index in [-0.39, 0.29) is 5.91 Å². The predicted octanol–water partition coefficient (Wildman–Crippen LogP) is 3.55. The monoisotopic (exact) mass is 334 g/mol. The van der Waals surface area contributed by atoms with Crippen molar-refractivity contribution in [3.05, 3.63) is 48.8 Å². The van der Waals surface area contributed by atoms with Gasteiger partial charge in [0.25, 0.3) is 0 Å². The van der Waals surface area contributed by atoms with E-state index in [9.17, 15) is 4.79 Å². The molecule has 0 aliphatic heterocycles. The quantitative estimate of drug-likeness (QED) is 0.776. The van der Waals surface area contributed by atoms with Crippen molar-refractivity contribution in [3.8, 4) is 11.4 Å². The number of amides is 1. The first-order valence-corrected chi connectivity index (χ1v) is 8.96. The highest BCUT2D eigenvalue weighted by molar-refractivity contribution is 5.84. The molecule has 1 aliphatic carbocycles. The highest BCUT2D eigenvalue weighted by atomic mass is 16.1. The van der Waals surface area contributed by atoms with Gasteiger partial charge in [-0.1, -0.05) is 18.9 Å². The zero-order chi connectivity index (χ0) is 17.1. The second kappa shape index (κ2) is 7.05. The van der Waals surface area contributed by atoms with Crippen LogP contribution in [0.4, 0.5) is 0 Å². The van der Waals surface area contributed by atoms with E-state index in [1.54, 1.807) is 12.4 Å². The lowest BCUT2D eigenvalue weighted by atomic mass is 10.2. The van der Waals surface area contributed by atoms with Gasteiger partial charge in [-0.05, 0) is 43.2 Å². The summed E-state index contributed by atoms with van der Waals surface area (Å²) in [7, 11) is 0. The Morgan fingerprint density at radius 2 is 1.96 bits per heavy atom. The summed E-state index contributed by atoms with van der Waals surface area (Å²) in [4.78, 5) is 21.3. The minimum absolute atomic E-state index is 0.122. The van der Waals surface area contributed by atoms with Crippen LogP contribution in [0.3, 0.4) is 0 Å². The molecule has 1 amide bonds. The Bertz CT molecular complexity index is 866. The average molecular weight is 334 g/mol. The highest BCUT2D eigenvalue weighted by Crippen LogP contribution is 2.26. The molecule has 0 spiro atoms. The summed E-state index contributed by atoms with van der Waals surface area (Å²) in [5.74, 6) is 0.122. The number of nitrogens with zero attached hydrogens (tertiary/aromatic N) is 3. The Balaban J connectivity index is 1.58. The van der Waals surface area contributed by atoms with Crippen molar-refractivity contribution < 1.29 is 4.79 Å². The molecule has 1 aliphatic rings. The topological polar surface area (TPSA) is 59.8 Å². The fourth-order valence-electron chi connectivity index (χ4n) is 3.62. The van der Waals surface area contributed by atoms with E-state index < -0.39 is 0 Å². The largest absolute Gasteiger partial charge is 0.353 e. The Morgan fingerprint density at radius 3 is 2.76 bits per heavy atom. The van der Waals surface area contributed by atoms with Gasteiger partial charge in [0.15, 0.2) is 0 Å². The van der Waals surface area contributed by atoms with Crippen molar-refractivity contribution in [2.45, 2.75) is 44.7 Å². The fraction of sp³-hybridized carbons (Fsp3) is 0.350. The summed E-state index contributed by atoms with van der Waals surface area (Å²) in [6.07, 6.45) is 8.70. The number of pyridine rings is 2. The average Bonchev–Trinajstić information content (AvgIpc) is 3.28. The fourth-order valence-corrected chi connectivity index (χ4v) is 3.62. The summed E-state index contributed by atoms with van der Waals surface area (Å²) in [5, 5.41) is 4.23. The maximum absolute atomic E-state index is 12.3. The molecule has 0 bridgehead atoms. The van der Waals surface area contributed by atoms with E-state index >= 15 is 0 Å². The van der Waals surface area contributed by atoms with Crippen LogP contribution >= 0.6 is 0 Å². The van der Waals surface area contributed by atoms with Crippen LogP contribution in [0, 0.1) is 0 Å². The van der Waals surface area contributed by atoms with E-state index in [4.69, 9.17) is 0 Å². The third-order valence-electron chi connectivity index (χ3n) is 4.87. The van der Waals surface area contributed by atoms with Crippen LogP contribution in [0.5, 0.6) is 0 Å². The molecule has 0 saturated heterocycles. The van der Waals surface area contributed by atoms with Gasteiger partial charge in [-0.15, -0.1) is 0 Å². The molecule has 0 unspecified atom stereocenters. The van der Waals surface area contributed by atoms with Crippen LogP contribution in [0.1, 0.15) is 32.1 Å². The second-order valence-electron chi connectivity index (χ2n) is 6.61. The molecular weight excluding hydrogens is 312 g/mol. The van der Waals surface area contributed by atoms with Crippen LogP contribution in [0.2, 0.25) is 0 Å². The first-order valence-electron chi connectivity index (χ1n) is 8.96. The summed E-state index contributed by atoms with van der Waals surface area (Å²) in [6, 6.07) is 12.3. The molecule has 25 heavy (non-hydrogen) atoms. The summed E-state index contributed by atoms with van der Waals surface area (Å²) < 4.78 is 2.10. The Labute approximate surface area is 147 Å². The minimum Gasteiger partial charge on any atom is -0.353 e. The van der Waals surface area contributed by atoms with Crippen molar-refractivity contribution in [1.29, 1.82) is 0 Å². The van der Waals surface area contributed by atoms with Crippen LogP contribution in [0.15, 0.2) is 48.8 Å². The van der Waals surface area contributed by atoms with Gasteiger partial charge in [0.2, 0.25) is 5.91 Å². The third kappa shape index (κ3) is 3.40. The molecule has 3 aromatic rings. The van der Waals surface area contributed by atoms with Gasteiger partial charge in [0.05, 0.1) is 11.4 Å². The van der Waals surface area contributed by atoms with Crippen LogP contribution in [-0.4, -0.2) is 26.5 Å². The predicted molar refractivity (Wildman–Crippen MR) is 98.0 cm³/mol. The minimum atomic E-state index is 0.122. The second-order valence-corrected chi connectivity index (χ2v) is 6.61. The van der Waals surface area contributed by atoms with E-state index in [1.165, 1.54) is 12.8 Å². The molecule has 3 aromatic heterocycles. The van der Waals surface area contributed by atoms with Crippen molar-refractivity contribution in [2.75, 3.05) is 0 Å². The molecule has 1 fully saturated rings. The Hall–Kier alpha value is -2.69. The van der Waals surface area contributed by atoms with E-state index in [0.717, 1.165) is 35.3 Å². The van der Waals surface area contributed by atoms with E-state index in [1.807, 2.05) is 30.3 Å². The Kier molecular flexibility index (Phi) is 4.46. The molecule has 4 rings (SSSR count). The standard InChI is InChI=1S/C20H22N4O/c25-19(23-16-7-1-2-8-16)10-13-24-18(17-9-3-4-11-21-17)14-15-6-5-12-22-20(15)24/h3-6,9,11-12,14,16H,1-2,7-8,10,13H2,(H,23,25). The first kappa shape index (κ1) is 15.8. The number of fused-ring (bicyclic) bond motifs is 1. The SMILES string of the molecule is O=C(CCn1c(-c2ccccn2)cc2cccnc21)NC1CCCC1. The molecule has 128 valence electrons. The number of aromatic nitrogens is 3. The van der Waals surface area contributed by atoms with Crippen LogP contribution in [-0.2, 0) is 11.3 Å². The molecule has 0 radical (unpaired) electrons. The normalized spacial score (nSPS) is 14.9.